The highest BCUT2D eigenvalue weighted by Gasteiger charge is 2.04. The van der Waals surface area contributed by atoms with Crippen molar-refractivity contribution in [2.45, 2.75) is 6.92 Å². The zero-order valence-electron chi connectivity index (χ0n) is 8.73. The second-order valence-corrected chi connectivity index (χ2v) is 4.26. The van der Waals surface area contributed by atoms with Crippen molar-refractivity contribution in [2.75, 3.05) is 10.6 Å². The van der Waals surface area contributed by atoms with Gasteiger partial charge in [-0.15, -0.1) is 11.3 Å². The number of benzene rings is 1. The Balaban J connectivity index is 1.95. The van der Waals surface area contributed by atoms with E-state index in [1.165, 1.54) is 11.3 Å². The summed E-state index contributed by atoms with van der Waals surface area (Å²) in [5.74, 6) is 0.580. The van der Waals surface area contributed by atoms with Gasteiger partial charge in [0.05, 0.1) is 5.01 Å². The first-order valence-electron chi connectivity index (χ1n) is 4.79. The molecule has 0 atom stereocenters. The number of hydrogen-bond donors (Lipinski definition) is 2. The minimum atomic E-state index is -0.281. The highest BCUT2D eigenvalue weighted by molar-refractivity contribution is 7.09. The number of nitrogens with zero attached hydrogens (tertiary/aromatic N) is 1. The van der Waals surface area contributed by atoms with Crippen LogP contribution in [-0.2, 0) is 0 Å². The lowest BCUT2D eigenvalue weighted by Gasteiger charge is -2.04. The molecule has 0 unspecified atom stereocenters. The molecule has 2 N–H and O–H groups in total. The minimum Gasteiger partial charge on any atom is -0.308 e. The largest absolute Gasteiger partial charge is 0.324 e. The van der Waals surface area contributed by atoms with Crippen LogP contribution in [0.4, 0.5) is 16.3 Å². The van der Waals surface area contributed by atoms with Crippen molar-refractivity contribution in [3.05, 3.63) is 40.7 Å². The molecule has 0 saturated heterocycles. The van der Waals surface area contributed by atoms with Gasteiger partial charge in [-0.05, 0) is 19.1 Å². The Bertz CT molecular complexity index is 481. The zero-order valence-corrected chi connectivity index (χ0v) is 9.54. The standard InChI is InChI=1S/C11H11N3OS/c1-8-12-10(7-16-8)14-11(15)13-9-5-3-2-4-6-9/h2-7H,1H3,(H2,13,14,15). The topological polar surface area (TPSA) is 54.0 Å². The molecule has 5 heteroatoms. The number of aryl methyl sites for hydroxylation is 1. The fourth-order valence-electron chi connectivity index (χ4n) is 1.22. The first kappa shape index (κ1) is 10.6. The van der Waals surface area contributed by atoms with Crippen LogP contribution in [0, 0.1) is 6.92 Å². The van der Waals surface area contributed by atoms with Crippen molar-refractivity contribution >= 4 is 28.9 Å². The predicted octanol–water partition coefficient (Wildman–Crippen LogP) is 3.10. The van der Waals surface area contributed by atoms with E-state index in [-0.39, 0.29) is 6.03 Å². The van der Waals surface area contributed by atoms with Crippen LogP contribution in [-0.4, -0.2) is 11.0 Å². The number of aromatic nitrogens is 1. The van der Waals surface area contributed by atoms with Crippen LogP contribution in [0.25, 0.3) is 0 Å². The molecule has 82 valence electrons. The van der Waals surface area contributed by atoms with E-state index >= 15 is 0 Å². The van der Waals surface area contributed by atoms with Gasteiger partial charge in [-0.25, -0.2) is 9.78 Å². The molecule has 0 bridgehead atoms. The van der Waals surface area contributed by atoms with Crippen LogP contribution in [0.1, 0.15) is 5.01 Å². The molecular formula is C11H11N3OS. The lowest BCUT2D eigenvalue weighted by molar-refractivity contribution is 0.262. The summed E-state index contributed by atoms with van der Waals surface area (Å²) in [7, 11) is 0. The second kappa shape index (κ2) is 4.76. The number of thiazole rings is 1. The molecule has 2 amide bonds. The average molecular weight is 233 g/mol. The van der Waals surface area contributed by atoms with Gasteiger partial charge >= 0.3 is 6.03 Å². The van der Waals surface area contributed by atoms with E-state index in [1.54, 1.807) is 5.38 Å². The number of urea groups is 1. The molecule has 0 aliphatic heterocycles. The van der Waals surface area contributed by atoms with Crippen molar-refractivity contribution in [3.8, 4) is 0 Å². The highest BCUT2D eigenvalue weighted by atomic mass is 32.1. The summed E-state index contributed by atoms with van der Waals surface area (Å²) in [4.78, 5) is 15.7. The summed E-state index contributed by atoms with van der Waals surface area (Å²) in [6.07, 6.45) is 0. The molecule has 2 rings (SSSR count). The predicted molar refractivity (Wildman–Crippen MR) is 65.9 cm³/mol. The van der Waals surface area contributed by atoms with Crippen LogP contribution >= 0.6 is 11.3 Å². The van der Waals surface area contributed by atoms with E-state index in [0.717, 1.165) is 10.7 Å². The Labute approximate surface area is 97.3 Å². The summed E-state index contributed by atoms with van der Waals surface area (Å²) in [5.41, 5.74) is 0.756. The summed E-state index contributed by atoms with van der Waals surface area (Å²) in [6, 6.07) is 8.99. The SMILES string of the molecule is Cc1nc(NC(=O)Nc2ccccc2)cs1. The molecule has 1 aromatic heterocycles. The van der Waals surface area contributed by atoms with E-state index in [4.69, 9.17) is 0 Å². The van der Waals surface area contributed by atoms with Crippen molar-refractivity contribution in [1.82, 2.24) is 4.98 Å². The van der Waals surface area contributed by atoms with Gasteiger partial charge in [0.1, 0.15) is 5.82 Å². The third kappa shape index (κ3) is 2.80. The fourth-order valence-corrected chi connectivity index (χ4v) is 1.77. The molecule has 4 nitrogen and oxygen atoms in total. The van der Waals surface area contributed by atoms with E-state index in [0.29, 0.717) is 5.82 Å². The normalized spacial score (nSPS) is 9.81. The number of anilines is 2. The Morgan fingerprint density at radius 2 is 2.00 bits per heavy atom. The summed E-state index contributed by atoms with van der Waals surface area (Å²) in [5, 5.41) is 8.11. The molecule has 0 radical (unpaired) electrons. The molecule has 1 heterocycles. The van der Waals surface area contributed by atoms with Crippen LogP contribution < -0.4 is 10.6 Å². The van der Waals surface area contributed by atoms with Crippen molar-refractivity contribution < 1.29 is 4.79 Å². The zero-order chi connectivity index (χ0) is 11.4. The first-order valence-corrected chi connectivity index (χ1v) is 5.67. The number of hydrogen-bond acceptors (Lipinski definition) is 3. The summed E-state index contributed by atoms with van der Waals surface area (Å²) in [6.45, 7) is 1.89. The monoisotopic (exact) mass is 233 g/mol. The van der Waals surface area contributed by atoms with Gasteiger partial charge in [0.2, 0.25) is 0 Å². The Kier molecular flexibility index (Phi) is 3.16. The van der Waals surface area contributed by atoms with Crippen molar-refractivity contribution in [3.63, 3.8) is 0 Å². The van der Waals surface area contributed by atoms with Gasteiger partial charge in [0.15, 0.2) is 0 Å². The lowest BCUT2D eigenvalue weighted by Crippen LogP contribution is -2.19. The maximum Gasteiger partial charge on any atom is 0.324 e. The molecular weight excluding hydrogens is 222 g/mol. The van der Waals surface area contributed by atoms with Crippen molar-refractivity contribution in [2.24, 2.45) is 0 Å². The van der Waals surface area contributed by atoms with Crippen molar-refractivity contribution in [1.29, 1.82) is 0 Å². The molecule has 0 saturated carbocycles. The number of carbonyl (C=O) groups is 1. The van der Waals surface area contributed by atoms with Crippen LogP contribution in [0.15, 0.2) is 35.7 Å². The smallest absolute Gasteiger partial charge is 0.308 e. The number of amides is 2. The van der Waals surface area contributed by atoms with E-state index in [1.807, 2.05) is 37.3 Å². The summed E-state index contributed by atoms with van der Waals surface area (Å²) >= 11 is 1.50. The minimum absolute atomic E-state index is 0.281. The van der Waals surface area contributed by atoms with E-state index in [2.05, 4.69) is 15.6 Å². The number of nitrogens with one attached hydrogen (secondary N) is 2. The third-order valence-electron chi connectivity index (χ3n) is 1.89. The Morgan fingerprint density at radius 1 is 1.25 bits per heavy atom. The molecule has 2 aromatic rings. The second-order valence-electron chi connectivity index (χ2n) is 3.20. The van der Waals surface area contributed by atoms with E-state index < -0.39 is 0 Å². The van der Waals surface area contributed by atoms with Gasteiger partial charge in [-0.3, -0.25) is 5.32 Å². The maximum atomic E-state index is 11.5. The number of para-hydroxylation sites is 1. The number of carbonyl (C=O) groups excluding carboxylic acids is 1. The van der Waals surface area contributed by atoms with E-state index in [9.17, 15) is 4.79 Å². The highest BCUT2D eigenvalue weighted by Crippen LogP contribution is 2.13. The van der Waals surface area contributed by atoms with Gasteiger partial charge < -0.3 is 5.32 Å². The Hall–Kier alpha value is -1.88. The quantitative estimate of drug-likeness (QED) is 0.837. The van der Waals surface area contributed by atoms with Gasteiger partial charge in [-0.1, -0.05) is 18.2 Å². The third-order valence-corrected chi connectivity index (χ3v) is 2.67. The maximum absolute atomic E-state index is 11.5. The average Bonchev–Trinajstić information content (AvgIpc) is 2.65. The fraction of sp³-hybridized carbons (Fsp3) is 0.0909. The van der Waals surface area contributed by atoms with Gasteiger partial charge in [0.25, 0.3) is 0 Å². The molecule has 0 spiro atoms. The molecule has 0 fully saturated rings. The first-order chi connectivity index (χ1) is 7.74. The van der Waals surface area contributed by atoms with Crippen LogP contribution in [0.2, 0.25) is 0 Å². The lowest BCUT2D eigenvalue weighted by atomic mass is 10.3. The van der Waals surface area contributed by atoms with Crippen LogP contribution in [0.3, 0.4) is 0 Å². The van der Waals surface area contributed by atoms with Gasteiger partial charge in [-0.2, -0.15) is 0 Å². The molecule has 0 aliphatic rings. The number of rotatable bonds is 2. The molecule has 1 aromatic carbocycles. The Morgan fingerprint density at radius 3 is 2.62 bits per heavy atom. The molecule has 16 heavy (non-hydrogen) atoms. The van der Waals surface area contributed by atoms with Gasteiger partial charge in [0, 0.05) is 11.1 Å². The summed E-state index contributed by atoms with van der Waals surface area (Å²) < 4.78 is 0. The molecule has 0 aliphatic carbocycles. The van der Waals surface area contributed by atoms with Crippen LogP contribution in [0.5, 0.6) is 0 Å².